The van der Waals surface area contributed by atoms with Gasteiger partial charge in [0.25, 0.3) is 0 Å². The summed E-state index contributed by atoms with van der Waals surface area (Å²) in [5.74, 6) is -0.350. The largest absolute Gasteiger partial charge is 0.466 e. The molecular weight excluding hydrogens is 296 g/mol. The van der Waals surface area contributed by atoms with E-state index in [4.69, 9.17) is 0 Å². The predicted molar refractivity (Wildman–Crippen MR) is 102 cm³/mol. The Bertz CT molecular complexity index is 811. The number of aryl methyl sites for hydroxylation is 3. The van der Waals surface area contributed by atoms with Crippen molar-refractivity contribution < 1.29 is 9.53 Å². The van der Waals surface area contributed by atoms with Crippen LogP contribution in [0.25, 0.3) is 18.2 Å². The molecule has 124 valence electrons. The van der Waals surface area contributed by atoms with Crippen LogP contribution in [0.1, 0.15) is 38.9 Å². The molecule has 2 aromatic carbocycles. The average Bonchev–Trinajstić information content (AvgIpc) is 2.57. The molecule has 0 radical (unpaired) electrons. The van der Waals surface area contributed by atoms with Crippen molar-refractivity contribution in [3.8, 4) is 0 Å². The monoisotopic (exact) mass is 320 g/mol. The molecule has 0 N–H and O–H groups in total. The molecule has 2 heteroatoms. The summed E-state index contributed by atoms with van der Waals surface area (Å²) in [6.07, 6.45) is 7.49. The smallest absolute Gasteiger partial charge is 0.330 e. The Hall–Kier alpha value is -2.61. The molecule has 2 aromatic rings. The summed E-state index contributed by atoms with van der Waals surface area (Å²) in [5.41, 5.74) is 8.30. The first-order valence-corrected chi connectivity index (χ1v) is 8.04. The van der Waals surface area contributed by atoms with Crippen molar-refractivity contribution in [2.75, 3.05) is 7.11 Å². The summed E-state index contributed by atoms with van der Waals surface area (Å²) < 4.78 is 4.68. The SMILES string of the molecule is COC(=O)/C=C/c1ccc(C)c(C)c1/C=C/c1ccc(C)c(C)c1. The van der Waals surface area contributed by atoms with Crippen LogP contribution >= 0.6 is 0 Å². The molecule has 0 aromatic heterocycles. The third kappa shape index (κ3) is 4.23. The van der Waals surface area contributed by atoms with Gasteiger partial charge in [0.1, 0.15) is 0 Å². The van der Waals surface area contributed by atoms with Crippen molar-refractivity contribution in [2.24, 2.45) is 0 Å². The van der Waals surface area contributed by atoms with E-state index in [0.717, 1.165) is 11.1 Å². The van der Waals surface area contributed by atoms with Crippen molar-refractivity contribution in [1.29, 1.82) is 0 Å². The number of carbonyl (C=O) groups excluding carboxylic acids is 1. The second-order valence-electron chi connectivity index (χ2n) is 6.04. The summed E-state index contributed by atoms with van der Waals surface area (Å²) in [6, 6.07) is 10.5. The van der Waals surface area contributed by atoms with Crippen LogP contribution < -0.4 is 0 Å². The van der Waals surface area contributed by atoms with E-state index in [-0.39, 0.29) is 5.97 Å². The molecule has 2 rings (SSSR count). The van der Waals surface area contributed by atoms with E-state index in [9.17, 15) is 4.79 Å². The maximum absolute atomic E-state index is 11.4. The lowest BCUT2D eigenvalue weighted by Gasteiger charge is -2.09. The Morgan fingerprint density at radius 1 is 0.875 bits per heavy atom. The van der Waals surface area contributed by atoms with E-state index in [1.165, 1.54) is 41.0 Å². The molecule has 0 atom stereocenters. The van der Waals surface area contributed by atoms with Gasteiger partial charge in [-0.05, 0) is 72.7 Å². The maximum atomic E-state index is 11.4. The molecule has 24 heavy (non-hydrogen) atoms. The van der Waals surface area contributed by atoms with Crippen molar-refractivity contribution in [3.63, 3.8) is 0 Å². The van der Waals surface area contributed by atoms with Crippen molar-refractivity contribution >= 4 is 24.2 Å². The summed E-state index contributed by atoms with van der Waals surface area (Å²) in [6.45, 7) is 8.43. The minimum Gasteiger partial charge on any atom is -0.466 e. The predicted octanol–water partition coefficient (Wildman–Crippen LogP) is 5.28. The van der Waals surface area contributed by atoms with E-state index in [1.807, 2.05) is 6.07 Å². The number of hydrogen-bond donors (Lipinski definition) is 0. The second kappa shape index (κ2) is 7.78. The fourth-order valence-corrected chi connectivity index (χ4v) is 2.50. The van der Waals surface area contributed by atoms with E-state index in [1.54, 1.807) is 6.08 Å². The zero-order valence-corrected chi connectivity index (χ0v) is 15.0. The van der Waals surface area contributed by atoms with Gasteiger partial charge in [0.05, 0.1) is 7.11 Å². The zero-order chi connectivity index (χ0) is 17.7. The van der Waals surface area contributed by atoms with E-state index >= 15 is 0 Å². The highest BCUT2D eigenvalue weighted by Gasteiger charge is 2.04. The first-order valence-electron chi connectivity index (χ1n) is 8.04. The highest BCUT2D eigenvalue weighted by Crippen LogP contribution is 2.23. The van der Waals surface area contributed by atoms with Crippen LogP contribution in [0.4, 0.5) is 0 Å². The van der Waals surface area contributed by atoms with Crippen LogP contribution in [0.3, 0.4) is 0 Å². The zero-order valence-electron chi connectivity index (χ0n) is 15.0. The molecule has 0 unspecified atom stereocenters. The minimum absolute atomic E-state index is 0.350. The van der Waals surface area contributed by atoms with E-state index in [2.05, 4.69) is 68.8 Å². The van der Waals surface area contributed by atoms with Crippen LogP contribution in [0.15, 0.2) is 36.4 Å². The number of ether oxygens (including phenoxy) is 1. The third-order valence-electron chi connectivity index (χ3n) is 4.39. The van der Waals surface area contributed by atoms with Crippen LogP contribution in [-0.2, 0) is 9.53 Å². The molecule has 0 aliphatic carbocycles. The van der Waals surface area contributed by atoms with Gasteiger partial charge in [-0.15, -0.1) is 0 Å². The van der Waals surface area contributed by atoms with Gasteiger partial charge in [-0.1, -0.05) is 42.5 Å². The number of hydrogen-bond acceptors (Lipinski definition) is 2. The minimum atomic E-state index is -0.350. The number of benzene rings is 2. The van der Waals surface area contributed by atoms with Crippen LogP contribution in [0.2, 0.25) is 0 Å². The first kappa shape index (κ1) is 17.7. The Morgan fingerprint density at radius 3 is 2.25 bits per heavy atom. The molecule has 0 amide bonds. The topological polar surface area (TPSA) is 26.3 Å². The van der Waals surface area contributed by atoms with Gasteiger partial charge < -0.3 is 4.74 Å². The van der Waals surface area contributed by atoms with Gasteiger partial charge >= 0.3 is 5.97 Å². The van der Waals surface area contributed by atoms with Crippen LogP contribution in [0, 0.1) is 27.7 Å². The van der Waals surface area contributed by atoms with Crippen molar-refractivity contribution in [2.45, 2.75) is 27.7 Å². The summed E-state index contributed by atoms with van der Waals surface area (Å²) in [4.78, 5) is 11.4. The molecular formula is C22H24O2. The summed E-state index contributed by atoms with van der Waals surface area (Å²) >= 11 is 0. The lowest BCUT2D eigenvalue weighted by atomic mass is 9.96. The van der Waals surface area contributed by atoms with E-state index < -0.39 is 0 Å². The highest BCUT2D eigenvalue weighted by molar-refractivity contribution is 5.88. The highest BCUT2D eigenvalue weighted by atomic mass is 16.5. The number of methoxy groups -OCH3 is 1. The second-order valence-corrected chi connectivity index (χ2v) is 6.04. The summed E-state index contributed by atoms with van der Waals surface area (Å²) in [7, 11) is 1.38. The van der Waals surface area contributed by atoms with Gasteiger partial charge in [0.2, 0.25) is 0 Å². The fourth-order valence-electron chi connectivity index (χ4n) is 2.50. The van der Waals surface area contributed by atoms with E-state index in [0.29, 0.717) is 0 Å². The number of carbonyl (C=O) groups is 1. The molecule has 0 saturated carbocycles. The normalized spacial score (nSPS) is 11.4. The molecule has 0 spiro atoms. The van der Waals surface area contributed by atoms with Gasteiger partial charge in [-0.3, -0.25) is 0 Å². The molecule has 0 aliphatic heterocycles. The standard InChI is InChI=1S/C22H24O2/c1-15-6-8-19(14-17(15)3)9-12-21-18(4)16(2)7-10-20(21)11-13-22(23)24-5/h6-14H,1-5H3/b12-9+,13-11+. The molecule has 0 aliphatic rings. The Kier molecular flexibility index (Phi) is 5.75. The lowest BCUT2D eigenvalue weighted by Crippen LogP contribution is -1.95. The quantitative estimate of drug-likeness (QED) is 0.435. The molecule has 0 fully saturated rings. The third-order valence-corrected chi connectivity index (χ3v) is 4.39. The molecule has 0 heterocycles. The molecule has 0 bridgehead atoms. The maximum Gasteiger partial charge on any atom is 0.330 e. The lowest BCUT2D eigenvalue weighted by molar-refractivity contribution is -0.134. The van der Waals surface area contributed by atoms with Gasteiger partial charge in [0, 0.05) is 6.08 Å². The number of esters is 1. The molecule has 0 saturated heterocycles. The fraction of sp³-hybridized carbons (Fsp3) is 0.227. The van der Waals surface area contributed by atoms with Crippen molar-refractivity contribution in [3.05, 3.63) is 75.4 Å². The van der Waals surface area contributed by atoms with Crippen LogP contribution in [0.5, 0.6) is 0 Å². The Balaban J connectivity index is 2.42. The Labute approximate surface area is 144 Å². The van der Waals surface area contributed by atoms with Gasteiger partial charge in [-0.25, -0.2) is 4.79 Å². The van der Waals surface area contributed by atoms with Gasteiger partial charge in [-0.2, -0.15) is 0 Å². The Morgan fingerprint density at radius 2 is 1.58 bits per heavy atom. The summed E-state index contributed by atoms with van der Waals surface area (Å²) in [5, 5.41) is 0. The first-order chi connectivity index (χ1) is 11.4. The van der Waals surface area contributed by atoms with Crippen molar-refractivity contribution in [1.82, 2.24) is 0 Å². The average molecular weight is 320 g/mol. The number of rotatable bonds is 4. The van der Waals surface area contributed by atoms with Crippen LogP contribution in [-0.4, -0.2) is 13.1 Å². The molecule has 2 nitrogen and oxygen atoms in total. The van der Waals surface area contributed by atoms with Gasteiger partial charge in [0.15, 0.2) is 0 Å².